The van der Waals surface area contributed by atoms with E-state index in [1.807, 2.05) is 13.0 Å². The number of aryl methyl sites for hydroxylation is 1. The zero-order valence-electron chi connectivity index (χ0n) is 17.2. The highest BCUT2D eigenvalue weighted by Gasteiger charge is 2.32. The summed E-state index contributed by atoms with van der Waals surface area (Å²) in [5, 5.41) is 0. The Morgan fingerprint density at radius 3 is 2.48 bits per heavy atom. The fourth-order valence-electron chi connectivity index (χ4n) is 3.54. The molecule has 0 amide bonds. The number of hydrogen-bond donors (Lipinski definition) is 0. The maximum atomic E-state index is 13.1. The topological polar surface area (TPSA) is 57.7 Å². The van der Waals surface area contributed by atoms with Gasteiger partial charge in [-0.05, 0) is 55.3 Å². The minimum absolute atomic E-state index is 0.0437. The number of anilines is 1. The molecule has 3 rings (SSSR count). The Hall–Kier alpha value is -2.44. The first kappa shape index (κ1) is 21.3. The van der Waals surface area contributed by atoms with Gasteiger partial charge in [0.15, 0.2) is 5.78 Å². The number of ketones is 1. The Labute approximate surface area is 173 Å². The van der Waals surface area contributed by atoms with Gasteiger partial charge in [0, 0.05) is 37.8 Å². The lowest BCUT2D eigenvalue weighted by Gasteiger charge is -2.40. The van der Waals surface area contributed by atoms with Gasteiger partial charge >= 0.3 is 0 Å². The van der Waals surface area contributed by atoms with E-state index in [2.05, 4.69) is 36.9 Å². The normalized spacial score (nSPS) is 18.3. The lowest BCUT2D eigenvalue weighted by molar-refractivity contribution is -0.114. The van der Waals surface area contributed by atoms with Crippen molar-refractivity contribution in [2.45, 2.75) is 38.1 Å². The molecule has 0 N–H and O–H groups in total. The minimum atomic E-state index is -3.55. The molecule has 1 unspecified atom stereocenters. The first-order valence-corrected chi connectivity index (χ1v) is 11.4. The number of carbonyl (C=O) groups is 1. The summed E-state index contributed by atoms with van der Waals surface area (Å²) in [5.41, 5.74) is 3.13. The van der Waals surface area contributed by atoms with Gasteiger partial charge in [0.2, 0.25) is 10.0 Å². The molecule has 1 atom stereocenters. The average Bonchev–Trinajstić information content (AvgIpc) is 2.72. The second-order valence-corrected chi connectivity index (χ2v) is 9.40. The number of nitrogens with zero attached hydrogens (tertiary/aromatic N) is 2. The van der Waals surface area contributed by atoms with Crippen molar-refractivity contribution in [1.29, 1.82) is 0 Å². The van der Waals surface area contributed by atoms with Crippen molar-refractivity contribution in [3.8, 4) is 0 Å². The smallest absolute Gasteiger partial charge is 0.243 e. The fraction of sp³-hybridized carbons (Fsp3) is 0.348. The summed E-state index contributed by atoms with van der Waals surface area (Å²) in [7, 11) is -3.55. The van der Waals surface area contributed by atoms with E-state index >= 15 is 0 Å². The molecule has 0 saturated carbocycles. The Morgan fingerprint density at radius 1 is 1.14 bits per heavy atom. The standard InChI is InChI=1S/C23H28N2O3S/c1-4-22(26)11-8-20-9-12-23(13-10-20)29(27,28)24-14-15-25(19(3)17-24)21-7-5-6-18(2)16-21/h5-13,16,19H,4,14-15,17H2,1-3H3/b11-8+. The molecule has 0 aromatic heterocycles. The number of benzene rings is 2. The average molecular weight is 413 g/mol. The highest BCUT2D eigenvalue weighted by Crippen LogP contribution is 2.25. The molecule has 0 spiro atoms. The van der Waals surface area contributed by atoms with Crippen molar-refractivity contribution in [3.05, 3.63) is 65.7 Å². The third-order valence-electron chi connectivity index (χ3n) is 5.25. The first-order valence-electron chi connectivity index (χ1n) is 9.95. The lowest BCUT2D eigenvalue weighted by atomic mass is 10.1. The zero-order valence-corrected chi connectivity index (χ0v) is 18.0. The van der Waals surface area contributed by atoms with Crippen LogP contribution in [0.3, 0.4) is 0 Å². The zero-order chi connectivity index (χ0) is 21.0. The van der Waals surface area contributed by atoms with E-state index in [0.29, 0.717) is 26.1 Å². The maximum absolute atomic E-state index is 13.1. The summed E-state index contributed by atoms with van der Waals surface area (Å²) in [6, 6.07) is 15.1. The maximum Gasteiger partial charge on any atom is 0.243 e. The van der Waals surface area contributed by atoms with Crippen molar-refractivity contribution in [1.82, 2.24) is 4.31 Å². The van der Waals surface area contributed by atoms with E-state index in [1.165, 1.54) is 11.6 Å². The Morgan fingerprint density at radius 2 is 1.86 bits per heavy atom. The number of allylic oxidation sites excluding steroid dienone is 1. The van der Waals surface area contributed by atoms with Crippen LogP contribution in [0.5, 0.6) is 0 Å². The van der Waals surface area contributed by atoms with Crippen LogP contribution >= 0.6 is 0 Å². The molecule has 1 heterocycles. The number of rotatable bonds is 6. The SMILES string of the molecule is CCC(=O)/C=C/c1ccc(S(=O)(=O)N2CCN(c3cccc(C)c3)C(C)C2)cc1. The van der Waals surface area contributed by atoms with Crippen LogP contribution in [0.1, 0.15) is 31.4 Å². The van der Waals surface area contributed by atoms with E-state index in [-0.39, 0.29) is 16.7 Å². The highest BCUT2D eigenvalue weighted by molar-refractivity contribution is 7.89. The van der Waals surface area contributed by atoms with Crippen molar-refractivity contribution in [3.63, 3.8) is 0 Å². The van der Waals surface area contributed by atoms with Crippen molar-refractivity contribution >= 4 is 27.6 Å². The molecule has 1 fully saturated rings. The third-order valence-corrected chi connectivity index (χ3v) is 7.13. The molecule has 1 aliphatic rings. The van der Waals surface area contributed by atoms with E-state index in [4.69, 9.17) is 0 Å². The lowest BCUT2D eigenvalue weighted by Crippen LogP contribution is -2.53. The molecule has 1 aliphatic heterocycles. The van der Waals surface area contributed by atoms with Gasteiger partial charge in [0.25, 0.3) is 0 Å². The van der Waals surface area contributed by atoms with Crippen LogP contribution < -0.4 is 4.90 Å². The number of hydrogen-bond acceptors (Lipinski definition) is 4. The van der Waals surface area contributed by atoms with Crippen LogP contribution in [-0.2, 0) is 14.8 Å². The van der Waals surface area contributed by atoms with Crippen LogP contribution in [0.15, 0.2) is 59.5 Å². The predicted molar refractivity (Wildman–Crippen MR) is 118 cm³/mol. The molecule has 2 aromatic rings. The molecule has 0 radical (unpaired) electrons. The summed E-state index contributed by atoms with van der Waals surface area (Å²) in [5.74, 6) is 0.0437. The second-order valence-electron chi connectivity index (χ2n) is 7.47. The van der Waals surface area contributed by atoms with Gasteiger partial charge in [0.1, 0.15) is 0 Å². The van der Waals surface area contributed by atoms with Crippen molar-refractivity contribution in [2.75, 3.05) is 24.5 Å². The van der Waals surface area contributed by atoms with E-state index in [0.717, 1.165) is 11.3 Å². The molecular formula is C23H28N2O3S. The van der Waals surface area contributed by atoms with Gasteiger partial charge in [-0.3, -0.25) is 4.79 Å². The molecule has 29 heavy (non-hydrogen) atoms. The van der Waals surface area contributed by atoms with Gasteiger partial charge in [-0.25, -0.2) is 8.42 Å². The number of piperazine rings is 1. The van der Waals surface area contributed by atoms with Gasteiger partial charge in [0.05, 0.1) is 4.90 Å². The molecular weight excluding hydrogens is 384 g/mol. The third kappa shape index (κ3) is 4.95. The monoisotopic (exact) mass is 412 g/mol. The van der Waals surface area contributed by atoms with Crippen LogP contribution in [0.25, 0.3) is 6.08 Å². The Bertz CT molecular complexity index is 997. The van der Waals surface area contributed by atoms with Gasteiger partial charge < -0.3 is 4.90 Å². The van der Waals surface area contributed by atoms with Crippen LogP contribution in [-0.4, -0.2) is 44.2 Å². The Balaban J connectivity index is 1.72. The van der Waals surface area contributed by atoms with Gasteiger partial charge in [-0.1, -0.05) is 37.3 Å². The Kier molecular flexibility index (Phi) is 6.55. The molecule has 154 valence electrons. The van der Waals surface area contributed by atoms with E-state index < -0.39 is 10.0 Å². The van der Waals surface area contributed by atoms with E-state index in [1.54, 1.807) is 34.6 Å². The number of carbonyl (C=O) groups excluding carboxylic acids is 1. The number of sulfonamides is 1. The first-order chi connectivity index (χ1) is 13.8. The molecule has 0 bridgehead atoms. The quantitative estimate of drug-likeness (QED) is 0.676. The molecule has 0 aliphatic carbocycles. The van der Waals surface area contributed by atoms with Crippen LogP contribution in [0.2, 0.25) is 0 Å². The van der Waals surface area contributed by atoms with Gasteiger partial charge in [-0.2, -0.15) is 4.31 Å². The van der Waals surface area contributed by atoms with Crippen molar-refractivity contribution in [2.24, 2.45) is 0 Å². The van der Waals surface area contributed by atoms with Crippen LogP contribution in [0, 0.1) is 6.92 Å². The second kappa shape index (κ2) is 8.93. The van der Waals surface area contributed by atoms with Crippen molar-refractivity contribution < 1.29 is 13.2 Å². The molecule has 6 heteroatoms. The summed E-state index contributed by atoms with van der Waals surface area (Å²) in [6.45, 7) is 7.48. The summed E-state index contributed by atoms with van der Waals surface area (Å²) in [6.07, 6.45) is 3.69. The minimum Gasteiger partial charge on any atom is -0.366 e. The van der Waals surface area contributed by atoms with Crippen LogP contribution in [0.4, 0.5) is 5.69 Å². The highest BCUT2D eigenvalue weighted by atomic mass is 32.2. The predicted octanol–water partition coefficient (Wildman–Crippen LogP) is 3.89. The molecule has 2 aromatic carbocycles. The summed E-state index contributed by atoms with van der Waals surface area (Å²) in [4.78, 5) is 13.9. The summed E-state index contributed by atoms with van der Waals surface area (Å²) >= 11 is 0. The largest absolute Gasteiger partial charge is 0.366 e. The van der Waals surface area contributed by atoms with E-state index in [9.17, 15) is 13.2 Å². The molecule has 5 nitrogen and oxygen atoms in total. The summed E-state index contributed by atoms with van der Waals surface area (Å²) < 4.78 is 27.7. The molecule has 1 saturated heterocycles. The van der Waals surface area contributed by atoms with Gasteiger partial charge in [-0.15, -0.1) is 0 Å². The fourth-order valence-corrected chi connectivity index (χ4v) is 5.05.